The van der Waals surface area contributed by atoms with Crippen LogP contribution in [0.3, 0.4) is 0 Å². The summed E-state index contributed by atoms with van der Waals surface area (Å²) >= 11 is 0. The van der Waals surface area contributed by atoms with E-state index in [9.17, 15) is 17.2 Å². The molecule has 0 saturated carbocycles. The van der Waals surface area contributed by atoms with Crippen LogP contribution in [0.4, 0.5) is 14.7 Å². The summed E-state index contributed by atoms with van der Waals surface area (Å²) in [6, 6.07) is 2.77. The Hall–Kier alpha value is -1.96. The number of halogens is 2. The molecule has 108 valence electrons. The van der Waals surface area contributed by atoms with Crippen LogP contribution < -0.4 is 5.73 Å². The molecule has 1 aromatic heterocycles. The zero-order chi connectivity index (χ0) is 15.1. The van der Waals surface area contributed by atoms with Crippen molar-refractivity contribution >= 4 is 15.7 Å². The van der Waals surface area contributed by atoms with Gasteiger partial charge >= 0.3 is 0 Å². The van der Waals surface area contributed by atoms with Crippen molar-refractivity contribution in [1.82, 2.24) is 5.16 Å². The molecular formula is C12H12F2N2O3S. The van der Waals surface area contributed by atoms with Crippen LogP contribution in [0.15, 0.2) is 22.7 Å². The zero-order valence-corrected chi connectivity index (χ0v) is 11.5. The van der Waals surface area contributed by atoms with Gasteiger partial charge in [-0.1, -0.05) is 5.16 Å². The van der Waals surface area contributed by atoms with Crippen molar-refractivity contribution in [2.24, 2.45) is 0 Å². The SMILES string of the molecule is CC(c1noc(N)c1-c1cc(F)cc(F)c1)S(C)(=O)=O. The summed E-state index contributed by atoms with van der Waals surface area (Å²) in [5, 5.41) is 2.58. The van der Waals surface area contributed by atoms with Gasteiger partial charge in [0.25, 0.3) is 0 Å². The lowest BCUT2D eigenvalue weighted by Crippen LogP contribution is -2.09. The molecule has 5 nitrogen and oxygen atoms in total. The molecule has 0 spiro atoms. The van der Waals surface area contributed by atoms with Gasteiger partial charge in [0.1, 0.15) is 22.6 Å². The Morgan fingerprint density at radius 1 is 1.25 bits per heavy atom. The Bertz CT molecular complexity index is 736. The highest BCUT2D eigenvalue weighted by Gasteiger charge is 2.27. The highest BCUT2D eigenvalue weighted by molar-refractivity contribution is 7.90. The van der Waals surface area contributed by atoms with Gasteiger partial charge in [0, 0.05) is 12.3 Å². The summed E-state index contributed by atoms with van der Waals surface area (Å²) < 4.78 is 54.5. The Morgan fingerprint density at radius 3 is 2.30 bits per heavy atom. The first-order valence-electron chi connectivity index (χ1n) is 5.60. The van der Waals surface area contributed by atoms with Crippen LogP contribution in [0.5, 0.6) is 0 Å². The second-order valence-electron chi connectivity index (χ2n) is 4.44. The van der Waals surface area contributed by atoms with Gasteiger partial charge in [-0.15, -0.1) is 0 Å². The van der Waals surface area contributed by atoms with Crippen molar-refractivity contribution in [3.63, 3.8) is 0 Å². The monoisotopic (exact) mass is 302 g/mol. The molecule has 1 unspecified atom stereocenters. The quantitative estimate of drug-likeness (QED) is 0.940. The molecule has 1 atom stereocenters. The number of rotatable bonds is 3. The maximum Gasteiger partial charge on any atom is 0.230 e. The topological polar surface area (TPSA) is 86.2 Å². The Morgan fingerprint density at radius 2 is 1.80 bits per heavy atom. The molecule has 0 aliphatic rings. The number of anilines is 1. The fourth-order valence-electron chi connectivity index (χ4n) is 1.78. The van der Waals surface area contributed by atoms with Gasteiger partial charge in [0.15, 0.2) is 9.84 Å². The standard InChI is InChI=1S/C12H12F2N2O3S/c1-6(20(2,17)18)11-10(12(15)19-16-11)7-3-8(13)5-9(14)4-7/h3-6H,15H2,1-2H3. The van der Waals surface area contributed by atoms with Crippen LogP contribution in [0.25, 0.3) is 11.1 Å². The molecule has 1 heterocycles. The highest BCUT2D eigenvalue weighted by atomic mass is 32.2. The van der Waals surface area contributed by atoms with Crippen LogP contribution in [0.1, 0.15) is 17.9 Å². The molecule has 1 aromatic carbocycles. The van der Waals surface area contributed by atoms with Crippen LogP contribution in [-0.4, -0.2) is 19.8 Å². The van der Waals surface area contributed by atoms with E-state index >= 15 is 0 Å². The molecule has 2 N–H and O–H groups in total. The van der Waals surface area contributed by atoms with Gasteiger partial charge < -0.3 is 10.3 Å². The number of nitrogen functional groups attached to an aromatic ring is 1. The van der Waals surface area contributed by atoms with Gasteiger partial charge in [-0.3, -0.25) is 0 Å². The molecule has 0 fully saturated rings. The molecule has 0 aliphatic heterocycles. The number of benzene rings is 1. The molecular weight excluding hydrogens is 290 g/mol. The fraction of sp³-hybridized carbons (Fsp3) is 0.250. The predicted molar refractivity (Wildman–Crippen MR) is 69.5 cm³/mol. The largest absolute Gasteiger partial charge is 0.367 e. The van der Waals surface area contributed by atoms with E-state index in [0.717, 1.165) is 18.4 Å². The summed E-state index contributed by atoms with van der Waals surface area (Å²) in [5.74, 6) is -1.81. The summed E-state index contributed by atoms with van der Waals surface area (Å²) in [5.41, 5.74) is 5.77. The fourth-order valence-corrected chi connectivity index (χ4v) is 2.35. The van der Waals surface area contributed by atoms with Crippen molar-refractivity contribution in [3.05, 3.63) is 35.5 Å². The van der Waals surface area contributed by atoms with Crippen molar-refractivity contribution in [2.45, 2.75) is 12.2 Å². The number of hydrogen-bond donors (Lipinski definition) is 1. The van der Waals surface area contributed by atoms with E-state index in [1.807, 2.05) is 0 Å². The lowest BCUT2D eigenvalue weighted by Gasteiger charge is -2.08. The van der Waals surface area contributed by atoms with Gasteiger partial charge in [0.05, 0.1) is 5.56 Å². The minimum Gasteiger partial charge on any atom is -0.367 e. The molecule has 20 heavy (non-hydrogen) atoms. The van der Waals surface area contributed by atoms with Crippen LogP contribution >= 0.6 is 0 Å². The van der Waals surface area contributed by atoms with Gasteiger partial charge in [-0.25, -0.2) is 17.2 Å². The predicted octanol–water partition coefficient (Wildman–Crippen LogP) is 2.31. The molecule has 0 bridgehead atoms. The maximum absolute atomic E-state index is 13.3. The van der Waals surface area contributed by atoms with Crippen molar-refractivity contribution in [3.8, 4) is 11.1 Å². The van der Waals surface area contributed by atoms with Crippen LogP contribution in [0, 0.1) is 11.6 Å². The molecule has 0 aliphatic carbocycles. The number of nitrogens with two attached hydrogens (primary N) is 1. The normalized spacial score (nSPS) is 13.4. The second-order valence-corrected chi connectivity index (χ2v) is 6.80. The smallest absolute Gasteiger partial charge is 0.230 e. The summed E-state index contributed by atoms with van der Waals surface area (Å²) in [4.78, 5) is 0. The first-order valence-corrected chi connectivity index (χ1v) is 7.56. The Labute approximate surface area is 114 Å². The lowest BCUT2D eigenvalue weighted by atomic mass is 10.0. The van der Waals surface area contributed by atoms with Crippen molar-refractivity contribution < 1.29 is 21.7 Å². The average Bonchev–Trinajstić information content (AvgIpc) is 2.67. The van der Waals surface area contributed by atoms with Crippen LogP contribution in [0.2, 0.25) is 0 Å². The zero-order valence-electron chi connectivity index (χ0n) is 10.7. The van der Waals surface area contributed by atoms with Gasteiger partial charge in [-0.2, -0.15) is 0 Å². The Kier molecular flexibility index (Phi) is 3.51. The van der Waals surface area contributed by atoms with Gasteiger partial charge in [-0.05, 0) is 24.6 Å². The van der Waals surface area contributed by atoms with E-state index < -0.39 is 26.7 Å². The van der Waals surface area contributed by atoms with E-state index in [1.54, 1.807) is 0 Å². The third-order valence-electron chi connectivity index (χ3n) is 2.92. The molecule has 8 heteroatoms. The molecule has 2 aromatic rings. The first-order chi connectivity index (χ1) is 9.20. The van der Waals surface area contributed by atoms with E-state index in [1.165, 1.54) is 6.92 Å². The van der Waals surface area contributed by atoms with E-state index in [2.05, 4.69) is 5.16 Å². The van der Waals surface area contributed by atoms with Crippen molar-refractivity contribution in [2.75, 3.05) is 12.0 Å². The van der Waals surface area contributed by atoms with Crippen LogP contribution in [-0.2, 0) is 9.84 Å². The third kappa shape index (κ3) is 2.64. The summed E-state index contributed by atoms with van der Waals surface area (Å²) in [6.07, 6.45) is 1.03. The number of nitrogens with zero attached hydrogens (tertiary/aromatic N) is 1. The first kappa shape index (κ1) is 14.4. The minimum absolute atomic E-state index is 0.0231. The van der Waals surface area contributed by atoms with E-state index in [0.29, 0.717) is 6.07 Å². The minimum atomic E-state index is -3.46. The lowest BCUT2D eigenvalue weighted by molar-refractivity contribution is 0.427. The van der Waals surface area contributed by atoms with Crippen molar-refractivity contribution in [1.29, 1.82) is 0 Å². The molecule has 0 amide bonds. The molecule has 0 radical (unpaired) electrons. The van der Waals surface area contributed by atoms with Gasteiger partial charge in [0.2, 0.25) is 5.88 Å². The third-order valence-corrected chi connectivity index (χ3v) is 4.43. The number of sulfone groups is 1. The van der Waals surface area contributed by atoms with E-state index in [-0.39, 0.29) is 22.7 Å². The highest BCUT2D eigenvalue weighted by Crippen LogP contribution is 2.36. The maximum atomic E-state index is 13.3. The Balaban J connectivity index is 2.66. The van der Waals surface area contributed by atoms with E-state index in [4.69, 9.17) is 10.3 Å². The number of aromatic nitrogens is 1. The molecule has 0 saturated heterocycles. The summed E-state index contributed by atoms with van der Waals surface area (Å²) in [6.45, 7) is 1.39. The number of hydrogen-bond acceptors (Lipinski definition) is 5. The summed E-state index contributed by atoms with van der Waals surface area (Å²) in [7, 11) is -3.46. The second kappa shape index (κ2) is 4.86. The average molecular weight is 302 g/mol. The molecule has 2 rings (SSSR count).